The molecule has 4 aromatic rings. The molecule has 5 nitrogen and oxygen atoms in total. The van der Waals surface area contributed by atoms with Gasteiger partial charge in [-0.15, -0.1) is 0 Å². The van der Waals surface area contributed by atoms with E-state index in [0.29, 0.717) is 11.3 Å². The molecule has 0 aliphatic rings. The van der Waals surface area contributed by atoms with Crippen molar-refractivity contribution in [2.24, 2.45) is 5.73 Å². The summed E-state index contributed by atoms with van der Waals surface area (Å²) < 4.78 is 5.53. The highest BCUT2D eigenvalue weighted by Crippen LogP contribution is 2.33. The van der Waals surface area contributed by atoms with Crippen LogP contribution in [0.1, 0.15) is 5.56 Å². The Morgan fingerprint density at radius 3 is 2.57 bits per heavy atom. The highest BCUT2D eigenvalue weighted by molar-refractivity contribution is 6.08. The number of nitrogens with zero attached hydrogens (tertiary/aromatic N) is 1. The zero-order valence-electron chi connectivity index (χ0n) is 12.2. The van der Waals surface area contributed by atoms with Crippen LogP contribution >= 0.6 is 0 Å². The summed E-state index contributed by atoms with van der Waals surface area (Å²) in [7, 11) is 0. The number of aromatic amines is 1. The van der Waals surface area contributed by atoms with Crippen LogP contribution in [0.4, 0.5) is 0 Å². The predicted molar refractivity (Wildman–Crippen MR) is 90.2 cm³/mol. The molecule has 0 bridgehead atoms. The SMILES string of the molecule is N=C(N)c1ccc2nc(-c3ccccc3)[nH]c2c1-c1ccco1. The number of hydrogen-bond acceptors (Lipinski definition) is 3. The van der Waals surface area contributed by atoms with Crippen LogP contribution in [0.15, 0.2) is 65.3 Å². The maximum Gasteiger partial charge on any atom is 0.138 e. The lowest BCUT2D eigenvalue weighted by molar-refractivity contribution is 0.582. The number of amidine groups is 1. The largest absolute Gasteiger partial charge is 0.464 e. The van der Waals surface area contributed by atoms with Crippen LogP contribution in [-0.2, 0) is 0 Å². The second kappa shape index (κ2) is 5.14. The lowest BCUT2D eigenvalue weighted by Gasteiger charge is -2.06. The van der Waals surface area contributed by atoms with Gasteiger partial charge < -0.3 is 15.1 Å². The number of rotatable bonds is 3. The molecule has 4 N–H and O–H groups in total. The number of fused-ring (bicyclic) bond motifs is 1. The summed E-state index contributed by atoms with van der Waals surface area (Å²) >= 11 is 0. The third-order valence-corrected chi connectivity index (χ3v) is 3.76. The molecule has 0 radical (unpaired) electrons. The first kappa shape index (κ1) is 13.3. The zero-order chi connectivity index (χ0) is 15.8. The van der Waals surface area contributed by atoms with Crippen LogP contribution in [0.25, 0.3) is 33.7 Å². The van der Waals surface area contributed by atoms with E-state index in [1.54, 1.807) is 12.3 Å². The fraction of sp³-hybridized carbons (Fsp3) is 0. The van der Waals surface area contributed by atoms with Gasteiger partial charge in [0.2, 0.25) is 0 Å². The first-order valence-corrected chi connectivity index (χ1v) is 7.20. The molecule has 112 valence electrons. The average Bonchev–Trinajstić information content (AvgIpc) is 3.24. The van der Waals surface area contributed by atoms with Gasteiger partial charge in [0.1, 0.15) is 17.4 Å². The monoisotopic (exact) mass is 302 g/mol. The normalized spacial score (nSPS) is 11.0. The van der Waals surface area contributed by atoms with Gasteiger partial charge in [-0.3, -0.25) is 5.41 Å². The number of benzene rings is 2. The van der Waals surface area contributed by atoms with E-state index < -0.39 is 0 Å². The number of aromatic nitrogens is 2. The van der Waals surface area contributed by atoms with E-state index in [0.717, 1.165) is 28.0 Å². The highest BCUT2D eigenvalue weighted by atomic mass is 16.3. The van der Waals surface area contributed by atoms with Gasteiger partial charge in [0, 0.05) is 11.1 Å². The molecule has 5 heteroatoms. The van der Waals surface area contributed by atoms with Crippen LogP contribution < -0.4 is 5.73 Å². The number of imidazole rings is 1. The summed E-state index contributed by atoms with van der Waals surface area (Å²) in [5.41, 5.74) is 9.73. The minimum absolute atomic E-state index is 0.00541. The second-order valence-corrected chi connectivity index (χ2v) is 5.22. The maximum absolute atomic E-state index is 7.83. The Labute approximate surface area is 132 Å². The Morgan fingerprint density at radius 1 is 1.04 bits per heavy atom. The van der Waals surface area contributed by atoms with E-state index in [4.69, 9.17) is 15.6 Å². The Balaban J connectivity index is 2.02. The van der Waals surface area contributed by atoms with Crippen molar-refractivity contribution < 1.29 is 4.42 Å². The first-order valence-electron chi connectivity index (χ1n) is 7.20. The molecule has 4 rings (SSSR count). The molecule has 0 aliphatic carbocycles. The molecule has 23 heavy (non-hydrogen) atoms. The van der Waals surface area contributed by atoms with Crippen molar-refractivity contribution in [1.82, 2.24) is 9.97 Å². The van der Waals surface area contributed by atoms with Crippen molar-refractivity contribution >= 4 is 16.9 Å². The van der Waals surface area contributed by atoms with Crippen molar-refractivity contribution in [2.45, 2.75) is 0 Å². The van der Waals surface area contributed by atoms with E-state index in [1.807, 2.05) is 48.5 Å². The molecule has 0 amide bonds. The lowest BCUT2D eigenvalue weighted by Crippen LogP contribution is -2.12. The van der Waals surface area contributed by atoms with Gasteiger partial charge in [0.05, 0.1) is 22.9 Å². The highest BCUT2D eigenvalue weighted by Gasteiger charge is 2.17. The molecule has 0 saturated carbocycles. The van der Waals surface area contributed by atoms with Crippen LogP contribution in [0, 0.1) is 5.41 Å². The van der Waals surface area contributed by atoms with E-state index >= 15 is 0 Å². The molecular formula is C18H14N4O. The average molecular weight is 302 g/mol. The quantitative estimate of drug-likeness (QED) is 0.397. The Bertz CT molecular complexity index is 985. The molecule has 2 heterocycles. The minimum Gasteiger partial charge on any atom is -0.464 e. The van der Waals surface area contributed by atoms with Crippen LogP contribution in [0.2, 0.25) is 0 Å². The summed E-state index contributed by atoms with van der Waals surface area (Å²) in [4.78, 5) is 7.99. The standard InChI is InChI=1S/C18H14N4O/c19-17(20)12-8-9-13-16(15(12)14-7-4-10-23-14)22-18(21-13)11-5-2-1-3-6-11/h1-10H,(H3,19,20)(H,21,22). The first-order chi connectivity index (χ1) is 11.2. The van der Waals surface area contributed by atoms with Crippen LogP contribution in [0.3, 0.4) is 0 Å². The Kier molecular flexibility index (Phi) is 2.98. The van der Waals surface area contributed by atoms with E-state index in [-0.39, 0.29) is 5.84 Å². The van der Waals surface area contributed by atoms with Gasteiger partial charge >= 0.3 is 0 Å². The molecule has 0 fully saturated rings. The van der Waals surface area contributed by atoms with Crippen molar-refractivity contribution in [1.29, 1.82) is 5.41 Å². The van der Waals surface area contributed by atoms with Crippen LogP contribution in [-0.4, -0.2) is 15.8 Å². The minimum atomic E-state index is -0.00541. The van der Waals surface area contributed by atoms with Crippen LogP contribution in [0.5, 0.6) is 0 Å². The lowest BCUT2D eigenvalue weighted by atomic mass is 10.0. The Hall–Kier alpha value is -3.34. The topological polar surface area (TPSA) is 91.7 Å². The summed E-state index contributed by atoms with van der Waals surface area (Å²) in [5, 5.41) is 7.83. The number of nitrogens with two attached hydrogens (primary N) is 1. The van der Waals surface area contributed by atoms with Crippen molar-refractivity contribution in [3.05, 3.63) is 66.4 Å². The number of nitrogen functional groups attached to an aromatic ring is 1. The zero-order valence-corrected chi connectivity index (χ0v) is 12.2. The van der Waals surface area contributed by atoms with Gasteiger partial charge in [-0.25, -0.2) is 4.98 Å². The number of H-pyrrole nitrogens is 1. The fourth-order valence-electron chi connectivity index (χ4n) is 2.71. The van der Waals surface area contributed by atoms with Gasteiger partial charge in [0.25, 0.3) is 0 Å². The third-order valence-electron chi connectivity index (χ3n) is 3.76. The molecule has 0 aliphatic heterocycles. The van der Waals surface area contributed by atoms with Gasteiger partial charge in [-0.1, -0.05) is 30.3 Å². The number of furan rings is 1. The summed E-state index contributed by atoms with van der Waals surface area (Å²) in [5.74, 6) is 1.42. The maximum atomic E-state index is 7.83. The molecule has 0 saturated heterocycles. The number of nitrogens with one attached hydrogen (secondary N) is 2. The smallest absolute Gasteiger partial charge is 0.138 e. The molecule has 2 aromatic heterocycles. The predicted octanol–water partition coefficient (Wildman–Crippen LogP) is 3.77. The molecule has 2 aromatic carbocycles. The van der Waals surface area contributed by atoms with Crippen molar-refractivity contribution in [2.75, 3.05) is 0 Å². The van der Waals surface area contributed by atoms with Gasteiger partial charge in [-0.05, 0) is 24.3 Å². The number of hydrogen-bond donors (Lipinski definition) is 3. The summed E-state index contributed by atoms with van der Waals surface area (Å²) in [6, 6.07) is 17.2. The van der Waals surface area contributed by atoms with Gasteiger partial charge in [-0.2, -0.15) is 0 Å². The fourth-order valence-corrected chi connectivity index (χ4v) is 2.71. The van der Waals surface area contributed by atoms with Crippen molar-refractivity contribution in [3.63, 3.8) is 0 Å². The molecule has 0 spiro atoms. The van der Waals surface area contributed by atoms with E-state index in [9.17, 15) is 0 Å². The van der Waals surface area contributed by atoms with E-state index in [2.05, 4.69) is 9.97 Å². The summed E-state index contributed by atoms with van der Waals surface area (Å²) in [6.45, 7) is 0. The molecule has 0 unspecified atom stereocenters. The molecule has 0 atom stereocenters. The third kappa shape index (κ3) is 2.19. The van der Waals surface area contributed by atoms with Crippen molar-refractivity contribution in [3.8, 4) is 22.7 Å². The summed E-state index contributed by atoms with van der Waals surface area (Å²) in [6.07, 6.45) is 1.60. The molecular weight excluding hydrogens is 288 g/mol. The second-order valence-electron chi connectivity index (χ2n) is 5.22. The van der Waals surface area contributed by atoms with Gasteiger partial charge in [0.15, 0.2) is 0 Å². The van der Waals surface area contributed by atoms with E-state index in [1.165, 1.54) is 0 Å². The Morgan fingerprint density at radius 2 is 1.87 bits per heavy atom.